The maximum atomic E-state index is 9.77. The van der Waals surface area contributed by atoms with Crippen LogP contribution in [0.3, 0.4) is 0 Å². The lowest BCUT2D eigenvalue weighted by Gasteiger charge is -1.96. The summed E-state index contributed by atoms with van der Waals surface area (Å²) in [5, 5.41) is 9.77. The summed E-state index contributed by atoms with van der Waals surface area (Å²) in [7, 11) is 0. The van der Waals surface area contributed by atoms with Gasteiger partial charge in [-0.25, -0.2) is 5.11 Å². The van der Waals surface area contributed by atoms with Gasteiger partial charge in [0.1, 0.15) is 6.61 Å². The first-order chi connectivity index (χ1) is 3.91. The number of hydrogen-bond donors (Lipinski definition) is 0. The van der Waals surface area contributed by atoms with Crippen molar-refractivity contribution in [3.8, 4) is 0 Å². The van der Waals surface area contributed by atoms with E-state index in [2.05, 4.69) is 6.92 Å². The maximum Gasteiger partial charge on any atom is 0.106 e. The highest BCUT2D eigenvalue weighted by Gasteiger charge is 1.83. The zero-order chi connectivity index (χ0) is 6.24. The lowest BCUT2D eigenvalue weighted by molar-refractivity contribution is 0.0625. The second-order valence-corrected chi connectivity index (χ2v) is 1.67. The normalized spacial score (nSPS) is 9.75. The Morgan fingerprint density at radius 2 is 2.12 bits per heavy atom. The Morgan fingerprint density at radius 3 is 2.62 bits per heavy atom. The van der Waals surface area contributed by atoms with Crippen molar-refractivity contribution >= 4 is 0 Å². The minimum atomic E-state index is -0.107. The summed E-state index contributed by atoms with van der Waals surface area (Å²) in [5.74, 6) is 0. The van der Waals surface area contributed by atoms with Crippen molar-refractivity contribution in [2.24, 2.45) is 0 Å². The molecule has 0 heterocycles. The van der Waals surface area contributed by atoms with Crippen LogP contribution in [0.5, 0.6) is 0 Å². The zero-order valence-corrected chi connectivity index (χ0v) is 5.35. The van der Waals surface area contributed by atoms with Gasteiger partial charge in [0.15, 0.2) is 0 Å². The topological polar surface area (TPSA) is 29.1 Å². The third-order valence-electron chi connectivity index (χ3n) is 0.870. The average molecular weight is 117 g/mol. The molecule has 0 aromatic rings. The fraction of sp³-hybridized carbons (Fsp3) is 1.00. The number of ether oxygens (including phenoxy) is 1. The molecule has 0 saturated carbocycles. The Morgan fingerprint density at radius 1 is 1.38 bits per heavy atom. The molecule has 0 unspecified atom stereocenters. The lowest BCUT2D eigenvalue weighted by Crippen LogP contribution is -1.98. The number of unbranched alkanes of at least 4 members (excludes halogenated alkanes) is 1. The van der Waals surface area contributed by atoms with Gasteiger partial charge in [-0.05, 0) is 6.42 Å². The van der Waals surface area contributed by atoms with Crippen molar-refractivity contribution in [3.05, 3.63) is 0 Å². The van der Waals surface area contributed by atoms with Gasteiger partial charge in [-0.2, -0.15) is 0 Å². The molecule has 0 fully saturated rings. The Kier molecular flexibility index (Phi) is 6.85. The highest BCUT2D eigenvalue weighted by Crippen LogP contribution is 1.85. The van der Waals surface area contributed by atoms with E-state index in [1.165, 1.54) is 0 Å². The number of rotatable bonds is 5. The second kappa shape index (κ2) is 6.92. The molecule has 0 N–H and O–H groups in total. The monoisotopic (exact) mass is 117 g/mol. The largest absolute Gasteiger partial charge is 0.379 e. The minimum Gasteiger partial charge on any atom is -0.379 e. The predicted molar refractivity (Wildman–Crippen MR) is 31.3 cm³/mol. The molecule has 49 valence electrons. The van der Waals surface area contributed by atoms with Crippen LogP contribution in [0.2, 0.25) is 0 Å². The summed E-state index contributed by atoms with van der Waals surface area (Å²) in [5.41, 5.74) is 0. The first-order valence-electron chi connectivity index (χ1n) is 3.07. The molecule has 2 heteroatoms. The Balaban J connectivity index is 2.53. The summed E-state index contributed by atoms with van der Waals surface area (Å²) in [6, 6.07) is 0. The van der Waals surface area contributed by atoms with Gasteiger partial charge >= 0.3 is 0 Å². The van der Waals surface area contributed by atoms with Crippen molar-refractivity contribution in [1.82, 2.24) is 0 Å². The molecule has 0 aliphatic carbocycles. The van der Waals surface area contributed by atoms with Gasteiger partial charge in [-0.15, -0.1) is 0 Å². The first kappa shape index (κ1) is 7.92. The van der Waals surface area contributed by atoms with Crippen molar-refractivity contribution < 1.29 is 9.84 Å². The van der Waals surface area contributed by atoms with Gasteiger partial charge in [0.25, 0.3) is 0 Å². The van der Waals surface area contributed by atoms with Crippen LogP contribution in [0, 0.1) is 0 Å². The minimum absolute atomic E-state index is 0.107. The summed E-state index contributed by atoms with van der Waals surface area (Å²) >= 11 is 0. The van der Waals surface area contributed by atoms with Crippen LogP contribution in [0.15, 0.2) is 0 Å². The third-order valence-corrected chi connectivity index (χ3v) is 0.870. The van der Waals surface area contributed by atoms with Gasteiger partial charge in [0.2, 0.25) is 0 Å². The van der Waals surface area contributed by atoms with E-state index in [1.807, 2.05) is 0 Å². The molecule has 2 nitrogen and oxygen atoms in total. The van der Waals surface area contributed by atoms with Gasteiger partial charge in [-0.3, -0.25) is 0 Å². The van der Waals surface area contributed by atoms with Gasteiger partial charge in [0, 0.05) is 6.61 Å². The first-order valence-corrected chi connectivity index (χ1v) is 3.07. The van der Waals surface area contributed by atoms with E-state index in [0.29, 0.717) is 6.61 Å². The van der Waals surface area contributed by atoms with E-state index in [-0.39, 0.29) is 6.61 Å². The molecule has 0 amide bonds. The van der Waals surface area contributed by atoms with E-state index < -0.39 is 0 Å². The Labute approximate surface area is 50.5 Å². The molecule has 8 heavy (non-hydrogen) atoms. The van der Waals surface area contributed by atoms with E-state index in [9.17, 15) is 5.11 Å². The Bertz CT molecular complexity index is 31.5. The fourth-order valence-electron chi connectivity index (χ4n) is 0.407. The van der Waals surface area contributed by atoms with E-state index in [0.717, 1.165) is 19.4 Å². The SMILES string of the molecule is CCCCOCC[O]. The highest BCUT2D eigenvalue weighted by molar-refractivity contribution is 4.30. The van der Waals surface area contributed by atoms with E-state index >= 15 is 0 Å². The molecule has 0 rings (SSSR count). The lowest BCUT2D eigenvalue weighted by atomic mass is 10.4. The van der Waals surface area contributed by atoms with Crippen LogP contribution in [-0.4, -0.2) is 19.8 Å². The molecule has 0 aromatic carbocycles. The van der Waals surface area contributed by atoms with Crippen LogP contribution in [0.4, 0.5) is 0 Å². The molecule has 0 bridgehead atoms. The van der Waals surface area contributed by atoms with Crippen molar-refractivity contribution in [2.45, 2.75) is 19.8 Å². The van der Waals surface area contributed by atoms with Crippen LogP contribution in [-0.2, 0) is 9.84 Å². The quantitative estimate of drug-likeness (QED) is 0.498. The van der Waals surface area contributed by atoms with Gasteiger partial charge in [0.05, 0.1) is 6.61 Å². The average Bonchev–Trinajstić information content (AvgIpc) is 1.81. The van der Waals surface area contributed by atoms with Crippen LogP contribution in [0.25, 0.3) is 0 Å². The standard InChI is InChI=1S/C6H13O2/c1-2-3-5-8-6-4-7/h2-6H2,1H3. The van der Waals surface area contributed by atoms with Crippen LogP contribution in [0.1, 0.15) is 19.8 Å². The molecule has 0 aliphatic heterocycles. The Hall–Kier alpha value is -0.0800. The van der Waals surface area contributed by atoms with Crippen molar-refractivity contribution in [1.29, 1.82) is 0 Å². The third kappa shape index (κ3) is 5.92. The summed E-state index contributed by atoms with van der Waals surface area (Å²) in [6.45, 7) is 3.11. The summed E-state index contributed by atoms with van der Waals surface area (Å²) < 4.78 is 4.91. The molecule has 0 saturated heterocycles. The predicted octanol–water partition coefficient (Wildman–Crippen LogP) is 1.23. The van der Waals surface area contributed by atoms with Gasteiger partial charge in [-0.1, -0.05) is 13.3 Å². The van der Waals surface area contributed by atoms with Crippen molar-refractivity contribution in [2.75, 3.05) is 19.8 Å². The molecule has 0 aromatic heterocycles. The molecule has 1 radical (unpaired) electrons. The van der Waals surface area contributed by atoms with Gasteiger partial charge < -0.3 is 4.74 Å². The summed E-state index contributed by atoms with van der Waals surface area (Å²) in [6.07, 6.45) is 2.21. The maximum absolute atomic E-state index is 9.77. The van der Waals surface area contributed by atoms with Crippen molar-refractivity contribution in [3.63, 3.8) is 0 Å². The molecular weight excluding hydrogens is 104 g/mol. The summed E-state index contributed by atoms with van der Waals surface area (Å²) in [4.78, 5) is 0. The zero-order valence-electron chi connectivity index (χ0n) is 5.35. The molecule has 0 atom stereocenters. The smallest absolute Gasteiger partial charge is 0.106 e. The number of hydrogen-bond acceptors (Lipinski definition) is 1. The molecule has 0 aliphatic rings. The van der Waals surface area contributed by atoms with Crippen LogP contribution >= 0.6 is 0 Å². The fourth-order valence-corrected chi connectivity index (χ4v) is 0.407. The van der Waals surface area contributed by atoms with Crippen LogP contribution < -0.4 is 0 Å². The second-order valence-electron chi connectivity index (χ2n) is 1.67. The molecular formula is C6H13O2. The van der Waals surface area contributed by atoms with E-state index in [4.69, 9.17) is 4.74 Å². The van der Waals surface area contributed by atoms with E-state index in [1.54, 1.807) is 0 Å². The highest BCUT2D eigenvalue weighted by atomic mass is 16.5. The molecule has 0 spiro atoms.